The van der Waals surface area contributed by atoms with Gasteiger partial charge >= 0.3 is 0 Å². The Labute approximate surface area is 82.4 Å². The lowest BCUT2D eigenvalue weighted by atomic mass is 10.2. The van der Waals surface area contributed by atoms with Gasteiger partial charge in [0.1, 0.15) is 0 Å². The highest BCUT2D eigenvalue weighted by molar-refractivity contribution is 4.89. The highest BCUT2D eigenvalue weighted by Crippen LogP contribution is 1.97. The summed E-state index contributed by atoms with van der Waals surface area (Å²) in [7, 11) is 0. The van der Waals surface area contributed by atoms with Crippen molar-refractivity contribution in [3.63, 3.8) is 0 Å². The monoisotopic (exact) mass is 179 g/mol. The maximum atomic E-state index is 3.72. The quantitative estimate of drug-likeness (QED) is 0.408. The van der Waals surface area contributed by atoms with Crippen LogP contribution in [0.15, 0.2) is 37.6 Å². The average Bonchev–Trinajstić information content (AvgIpc) is 2.13. The molecule has 13 heavy (non-hydrogen) atoms. The van der Waals surface area contributed by atoms with Gasteiger partial charge in [0.15, 0.2) is 0 Å². The van der Waals surface area contributed by atoms with E-state index in [2.05, 4.69) is 37.3 Å². The summed E-state index contributed by atoms with van der Waals surface area (Å²) in [5.41, 5.74) is 0. The van der Waals surface area contributed by atoms with Crippen LogP contribution in [0.3, 0.4) is 0 Å². The van der Waals surface area contributed by atoms with Gasteiger partial charge in [0.2, 0.25) is 0 Å². The van der Waals surface area contributed by atoms with Gasteiger partial charge in [0.25, 0.3) is 0 Å². The van der Waals surface area contributed by atoms with Crippen molar-refractivity contribution in [1.29, 1.82) is 0 Å². The van der Waals surface area contributed by atoms with E-state index in [9.17, 15) is 0 Å². The second-order valence-corrected chi connectivity index (χ2v) is 3.06. The highest BCUT2D eigenvalue weighted by Gasteiger charge is 1.90. The van der Waals surface area contributed by atoms with Gasteiger partial charge < -0.3 is 4.90 Å². The molecule has 0 aromatic carbocycles. The standard InChI is InChI=1S/C12H21N/c1-4-7-8-9-12-13(10-5-2)11-6-3/h5-6,9,12H,2-4,7-8,10-11H2,1H3/b12-9+. The molecule has 0 heterocycles. The molecule has 0 amide bonds. The molecular weight excluding hydrogens is 158 g/mol. The molecule has 0 aromatic rings. The fourth-order valence-corrected chi connectivity index (χ4v) is 1.07. The van der Waals surface area contributed by atoms with E-state index in [-0.39, 0.29) is 0 Å². The molecule has 0 spiro atoms. The van der Waals surface area contributed by atoms with Crippen LogP contribution in [0.5, 0.6) is 0 Å². The summed E-state index contributed by atoms with van der Waals surface area (Å²) in [6.45, 7) is 11.4. The van der Waals surface area contributed by atoms with E-state index in [0.29, 0.717) is 0 Å². The normalized spacial score (nSPS) is 10.2. The number of allylic oxidation sites excluding steroid dienone is 1. The molecule has 1 nitrogen and oxygen atoms in total. The van der Waals surface area contributed by atoms with Crippen LogP contribution in [0.25, 0.3) is 0 Å². The van der Waals surface area contributed by atoms with E-state index in [1.54, 1.807) is 0 Å². The number of hydrogen-bond donors (Lipinski definition) is 0. The van der Waals surface area contributed by atoms with Crippen LogP contribution in [-0.4, -0.2) is 18.0 Å². The van der Waals surface area contributed by atoms with Crippen LogP contribution in [0.4, 0.5) is 0 Å². The Kier molecular flexibility index (Phi) is 8.42. The lowest BCUT2D eigenvalue weighted by molar-refractivity contribution is 0.460. The number of rotatable bonds is 8. The summed E-state index contributed by atoms with van der Waals surface area (Å²) in [6.07, 6.45) is 11.9. The summed E-state index contributed by atoms with van der Waals surface area (Å²) in [5.74, 6) is 0. The first-order valence-corrected chi connectivity index (χ1v) is 4.97. The Morgan fingerprint density at radius 1 is 1.15 bits per heavy atom. The first kappa shape index (κ1) is 12.0. The van der Waals surface area contributed by atoms with Crippen molar-refractivity contribution in [3.05, 3.63) is 37.6 Å². The van der Waals surface area contributed by atoms with Crippen molar-refractivity contribution in [3.8, 4) is 0 Å². The summed E-state index contributed by atoms with van der Waals surface area (Å²) in [4.78, 5) is 2.19. The largest absolute Gasteiger partial charge is 0.370 e. The fourth-order valence-electron chi connectivity index (χ4n) is 1.07. The zero-order chi connectivity index (χ0) is 9.94. The van der Waals surface area contributed by atoms with Crippen molar-refractivity contribution in [2.45, 2.75) is 26.2 Å². The molecule has 0 rings (SSSR count). The van der Waals surface area contributed by atoms with E-state index in [4.69, 9.17) is 0 Å². The SMILES string of the molecule is C=CCN(/C=C/CCCC)CC=C. The summed E-state index contributed by atoms with van der Waals surface area (Å²) in [6, 6.07) is 0. The van der Waals surface area contributed by atoms with E-state index >= 15 is 0 Å². The van der Waals surface area contributed by atoms with Crippen LogP contribution < -0.4 is 0 Å². The van der Waals surface area contributed by atoms with Crippen molar-refractivity contribution in [2.24, 2.45) is 0 Å². The Morgan fingerprint density at radius 3 is 2.23 bits per heavy atom. The molecule has 1 heteroatoms. The number of unbranched alkanes of at least 4 members (excludes halogenated alkanes) is 2. The topological polar surface area (TPSA) is 3.24 Å². The number of nitrogens with zero attached hydrogens (tertiary/aromatic N) is 1. The van der Waals surface area contributed by atoms with Crippen molar-refractivity contribution >= 4 is 0 Å². The third-order valence-corrected chi connectivity index (χ3v) is 1.77. The highest BCUT2D eigenvalue weighted by atomic mass is 15.1. The molecule has 0 bridgehead atoms. The molecule has 0 atom stereocenters. The van der Waals surface area contributed by atoms with Crippen molar-refractivity contribution < 1.29 is 0 Å². The predicted octanol–water partition coefficient (Wildman–Crippen LogP) is 3.36. The van der Waals surface area contributed by atoms with Gasteiger partial charge in [-0.2, -0.15) is 0 Å². The average molecular weight is 179 g/mol. The van der Waals surface area contributed by atoms with Gasteiger partial charge in [-0.15, -0.1) is 13.2 Å². The Bertz CT molecular complexity index is 149. The van der Waals surface area contributed by atoms with Crippen LogP contribution >= 0.6 is 0 Å². The molecule has 0 radical (unpaired) electrons. The van der Waals surface area contributed by atoms with E-state index in [1.807, 2.05) is 12.2 Å². The third kappa shape index (κ3) is 7.38. The molecule has 74 valence electrons. The minimum atomic E-state index is 0.897. The van der Waals surface area contributed by atoms with Crippen LogP contribution in [0, 0.1) is 0 Å². The van der Waals surface area contributed by atoms with Gasteiger partial charge in [-0.25, -0.2) is 0 Å². The Balaban J connectivity index is 3.70. The van der Waals surface area contributed by atoms with Crippen LogP contribution in [-0.2, 0) is 0 Å². The predicted molar refractivity (Wildman–Crippen MR) is 60.6 cm³/mol. The minimum absolute atomic E-state index is 0.897. The molecule has 0 saturated heterocycles. The Hall–Kier alpha value is -0.980. The molecule has 0 aliphatic carbocycles. The third-order valence-electron chi connectivity index (χ3n) is 1.77. The zero-order valence-electron chi connectivity index (χ0n) is 8.71. The smallest absolute Gasteiger partial charge is 0.0354 e. The maximum Gasteiger partial charge on any atom is 0.0354 e. The molecule has 0 fully saturated rings. The van der Waals surface area contributed by atoms with Gasteiger partial charge in [0, 0.05) is 13.1 Å². The molecule has 0 unspecified atom stereocenters. The molecule has 0 aromatic heterocycles. The number of hydrogen-bond acceptors (Lipinski definition) is 1. The second-order valence-electron chi connectivity index (χ2n) is 3.06. The minimum Gasteiger partial charge on any atom is -0.370 e. The van der Waals surface area contributed by atoms with E-state index < -0.39 is 0 Å². The second kappa shape index (κ2) is 9.11. The van der Waals surface area contributed by atoms with E-state index in [0.717, 1.165) is 13.1 Å². The van der Waals surface area contributed by atoms with Gasteiger partial charge in [-0.3, -0.25) is 0 Å². The lowest BCUT2D eigenvalue weighted by Gasteiger charge is -2.15. The first-order valence-electron chi connectivity index (χ1n) is 4.97. The van der Waals surface area contributed by atoms with E-state index in [1.165, 1.54) is 19.3 Å². The van der Waals surface area contributed by atoms with Crippen molar-refractivity contribution in [1.82, 2.24) is 4.90 Å². The summed E-state index contributed by atoms with van der Waals surface area (Å²) in [5, 5.41) is 0. The summed E-state index contributed by atoms with van der Waals surface area (Å²) >= 11 is 0. The molecule has 0 N–H and O–H groups in total. The Morgan fingerprint density at radius 2 is 1.77 bits per heavy atom. The first-order chi connectivity index (χ1) is 6.35. The summed E-state index contributed by atoms with van der Waals surface area (Å²) < 4.78 is 0. The van der Waals surface area contributed by atoms with Crippen molar-refractivity contribution in [2.75, 3.05) is 13.1 Å². The maximum absolute atomic E-state index is 3.72. The van der Waals surface area contributed by atoms with Crippen LogP contribution in [0.2, 0.25) is 0 Å². The van der Waals surface area contributed by atoms with Gasteiger partial charge in [0.05, 0.1) is 0 Å². The van der Waals surface area contributed by atoms with Crippen LogP contribution in [0.1, 0.15) is 26.2 Å². The molecule has 0 aliphatic rings. The van der Waals surface area contributed by atoms with Gasteiger partial charge in [-0.05, 0) is 12.6 Å². The molecule has 0 saturated carbocycles. The lowest BCUT2D eigenvalue weighted by Crippen LogP contribution is -2.16. The fraction of sp³-hybridized carbons (Fsp3) is 0.500. The van der Waals surface area contributed by atoms with Gasteiger partial charge in [-0.1, -0.05) is 38.0 Å². The zero-order valence-corrected chi connectivity index (χ0v) is 8.71. The molecular formula is C12H21N. The molecule has 0 aliphatic heterocycles.